The lowest BCUT2D eigenvalue weighted by atomic mass is 9.79. The predicted molar refractivity (Wildman–Crippen MR) is 75.5 cm³/mol. The van der Waals surface area contributed by atoms with E-state index < -0.39 is 0 Å². The fourth-order valence-corrected chi connectivity index (χ4v) is 2.78. The number of nitrogens with zero attached hydrogens (tertiary/aromatic N) is 2. The Labute approximate surface area is 122 Å². The van der Waals surface area contributed by atoms with Crippen LogP contribution in [-0.2, 0) is 0 Å². The molecule has 0 spiro atoms. The van der Waals surface area contributed by atoms with Gasteiger partial charge >= 0.3 is 0 Å². The summed E-state index contributed by atoms with van der Waals surface area (Å²) in [5.41, 5.74) is 0.285. The van der Waals surface area contributed by atoms with Gasteiger partial charge in [-0.1, -0.05) is 37.0 Å². The van der Waals surface area contributed by atoms with Gasteiger partial charge in [0.1, 0.15) is 0 Å². The minimum absolute atomic E-state index is 0.0825. The SMILES string of the molecule is CC1CCC(NC(=O)c2cc(Cl)nnc2Cl)CC1C. The molecule has 1 aliphatic carbocycles. The summed E-state index contributed by atoms with van der Waals surface area (Å²) >= 11 is 11.6. The van der Waals surface area contributed by atoms with Gasteiger partial charge in [0.15, 0.2) is 10.3 Å². The fraction of sp³-hybridized carbons (Fsp3) is 0.615. The summed E-state index contributed by atoms with van der Waals surface area (Å²) in [6, 6.07) is 1.64. The molecule has 0 saturated heterocycles. The third-order valence-electron chi connectivity index (χ3n) is 3.90. The molecule has 1 heterocycles. The van der Waals surface area contributed by atoms with E-state index in [1.165, 1.54) is 6.07 Å². The zero-order valence-electron chi connectivity index (χ0n) is 11.0. The fourth-order valence-electron chi connectivity index (χ4n) is 2.45. The average molecular weight is 302 g/mol. The first-order valence-corrected chi connectivity index (χ1v) is 7.22. The van der Waals surface area contributed by atoms with Crippen LogP contribution >= 0.6 is 23.2 Å². The van der Waals surface area contributed by atoms with Crippen LogP contribution in [0.3, 0.4) is 0 Å². The number of amides is 1. The van der Waals surface area contributed by atoms with Crippen molar-refractivity contribution < 1.29 is 4.79 Å². The maximum absolute atomic E-state index is 12.2. The number of rotatable bonds is 2. The third kappa shape index (κ3) is 3.57. The Kier molecular flexibility index (Phi) is 4.63. The van der Waals surface area contributed by atoms with E-state index in [4.69, 9.17) is 23.2 Å². The van der Waals surface area contributed by atoms with Crippen LogP contribution in [0.2, 0.25) is 10.3 Å². The molecule has 4 nitrogen and oxygen atoms in total. The van der Waals surface area contributed by atoms with E-state index in [9.17, 15) is 4.79 Å². The maximum atomic E-state index is 12.2. The summed E-state index contributed by atoms with van der Waals surface area (Å²) in [4.78, 5) is 12.2. The number of nitrogens with one attached hydrogen (secondary N) is 1. The van der Waals surface area contributed by atoms with Gasteiger partial charge in [-0.25, -0.2) is 0 Å². The Morgan fingerprint density at radius 2 is 2.00 bits per heavy atom. The predicted octanol–water partition coefficient (Wildman–Crippen LogP) is 3.34. The molecule has 1 aromatic heterocycles. The number of carbonyl (C=O) groups excluding carboxylic acids is 1. The van der Waals surface area contributed by atoms with Crippen LogP contribution < -0.4 is 5.32 Å². The van der Waals surface area contributed by atoms with Gasteiger partial charge in [0.25, 0.3) is 5.91 Å². The molecule has 3 atom stereocenters. The van der Waals surface area contributed by atoms with E-state index in [-0.39, 0.29) is 27.8 Å². The molecule has 1 fully saturated rings. The van der Waals surface area contributed by atoms with Gasteiger partial charge in [-0.2, -0.15) is 0 Å². The summed E-state index contributed by atoms with van der Waals surface area (Å²) in [5, 5.41) is 10.5. The van der Waals surface area contributed by atoms with Crippen LogP contribution in [0.25, 0.3) is 0 Å². The number of halogens is 2. The molecule has 0 aliphatic heterocycles. The molecule has 104 valence electrons. The Bertz CT molecular complexity index is 481. The molecular formula is C13H17Cl2N3O. The second kappa shape index (κ2) is 6.06. The van der Waals surface area contributed by atoms with Gasteiger partial charge in [-0.3, -0.25) is 4.79 Å². The summed E-state index contributed by atoms with van der Waals surface area (Å²) in [6.07, 6.45) is 3.13. The molecule has 6 heteroatoms. The van der Waals surface area contributed by atoms with Crippen molar-refractivity contribution in [3.8, 4) is 0 Å². The highest BCUT2D eigenvalue weighted by atomic mass is 35.5. The van der Waals surface area contributed by atoms with Gasteiger partial charge in [0, 0.05) is 6.04 Å². The zero-order chi connectivity index (χ0) is 14.0. The molecule has 1 aromatic rings. The largest absolute Gasteiger partial charge is 0.349 e. The van der Waals surface area contributed by atoms with Gasteiger partial charge < -0.3 is 5.32 Å². The highest BCUT2D eigenvalue weighted by Gasteiger charge is 2.26. The zero-order valence-corrected chi connectivity index (χ0v) is 12.5. The molecule has 0 bridgehead atoms. The third-order valence-corrected chi connectivity index (χ3v) is 4.36. The van der Waals surface area contributed by atoms with E-state index >= 15 is 0 Å². The molecule has 3 unspecified atom stereocenters. The smallest absolute Gasteiger partial charge is 0.254 e. The lowest BCUT2D eigenvalue weighted by Gasteiger charge is -2.32. The molecule has 1 N–H and O–H groups in total. The molecule has 1 amide bonds. The van der Waals surface area contributed by atoms with Gasteiger partial charge in [-0.05, 0) is 37.2 Å². The van der Waals surface area contributed by atoms with Crippen molar-refractivity contribution in [1.82, 2.24) is 15.5 Å². The normalized spacial score (nSPS) is 27.1. The van der Waals surface area contributed by atoms with Crippen molar-refractivity contribution in [1.29, 1.82) is 0 Å². The highest BCUT2D eigenvalue weighted by Crippen LogP contribution is 2.29. The molecule has 19 heavy (non-hydrogen) atoms. The topological polar surface area (TPSA) is 54.9 Å². The van der Waals surface area contributed by atoms with Gasteiger partial charge in [0.2, 0.25) is 0 Å². The van der Waals surface area contributed by atoms with Gasteiger partial charge in [-0.15, -0.1) is 10.2 Å². The standard InChI is InChI=1S/C13H17Cl2N3O/c1-7-3-4-9(5-8(7)2)16-13(19)10-6-11(14)17-18-12(10)15/h6-9H,3-5H2,1-2H3,(H,16,19). The minimum Gasteiger partial charge on any atom is -0.349 e. The second-order valence-electron chi connectivity index (χ2n) is 5.31. The molecule has 1 saturated carbocycles. The van der Waals surface area contributed by atoms with Crippen molar-refractivity contribution in [2.24, 2.45) is 11.8 Å². The minimum atomic E-state index is -0.228. The molecule has 2 rings (SSSR count). The molecule has 0 aromatic carbocycles. The lowest BCUT2D eigenvalue weighted by Crippen LogP contribution is -2.40. The van der Waals surface area contributed by atoms with Crippen LogP contribution in [0.4, 0.5) is 0 Å². The molecule has 0 radical (unpaired) electrons. The van der Waals surface area contributed by atoms with Crippen molar-refractivity contribution in [3.05, 3.63) is 21.9 Å². The first kappa shape index (κ1) is 14.5. The van der Waals surface area contributed by atoms with Gasteiger partial charge in [0.05, 0.1) is 5.56 Å². The Balaban J connectivity index is 2.03. The Morgan fingerprint density at radius 1 is 1.26 bits per heavy atom. The van der Waals surface area contributed by atoms with Crippen LogP contribution in [0.5, 0.6) is 0 Å². The lowest BCUT2D eigenvalue weighted by molar-refractivity contribution is 0.0910. The monoisotopic (exact) mass is 301 g/mol. The van der Waals surface area contributed by atoms with Crippen molar-refractivity contribution in [3.63, 3.8) is 0 Å². The van der Waals surface area contributed by atoms with E-state index in [1.807, 2.05) is 0 Å². The molecular weight excluding hydrogens is 285 g/mol. The van der Waals surface area contributed by atoms with Crippen LogP contribution in [0.15, 0.2) is 6.07 Å². The number of hydrogen-bond donors (Lipinski definition) is 1. The Morgan fingerprint density at radius 3 is 2.68 bits per heavy atom. The van der Waals surface area contributed by atoms with Crippen LogP contribution in [0, 0.1) is 11.8 Å². The first-order chi connectivity index (χ1) is 8.97. The van der Waals surface area contributed by atoms with E-state index in [1.54, 1.807) is 0 Å². The number of aromatic nitrogens is 2. The highest BCUT2D eigenvalue weighted by molar-refractivity contribution is 6.34. The van der Waals surface area contributed by atoms with E-state index in [0.29, 0.717) is 11.8 Å². The first-order valence-electron chi connectivity index (χ1n) is 6.47. The van der Waals surface area contributed by atoms with Crippen LogP contribution in [0.1, 0.15) is 43.5 Å². The second-order valence-corrected chi connectivity index (χ2v) is 6.05. The Hall–Kier alpha value is -0.870. The summed E-state index contributed by atoms with van der Waals surface area (Å²) in [7, 11) is 0. The van der Waals surface area contributed by atoms with E-state index in [0.717, 1.165) is 19.3 Å². The summed E-state index contributed by atoms with van der Waals surface area (Å²) in [6.45, 7) is 4.48. The number of carbonyl (C=O) groups is 1. The number of hydrogen-bond acceptors (Lipinski definition) is 3. The van der Waals surface area contributed by atoms with Crippen LogP contribution in [-0.4, -0.2) is 22.1 Å². The molecule has 1 aliphatic rings. The van der Waals surface area contributed by atoms with Crippen molar-refractivity contribution in [2.75, 3.05) is 0 Å². The van der Waals surface area contributed by atoms with Crippen molar-refractivity contribution in [2.45, 2.75) is 39.2 Å². The maximum Gasteiger partial charge on any atom is 0.254 e. The summed E-state index contributed by atoms with van der Waals surface area (Å²) in [5.74, 6) is 1.11. The van der Waals surface area contributed by atoms with Crippen molar-refractivity contribution >= 4 is 29.1 Å². The average Bonchev–Trinajstić information content (AvgIpc) is 2.36. The summed E-state index contributed by atoms with van der Waals surface area (Å²) < 4.78 is 0. The van der Waals surface area contributed by atoms with E-state index in [2.05, 4.69) is 29.4 Å². The quantitative estimate of drug-likeness (QED) is 0.911.